The van der Waals surface area contributed by atoms with Crippen LogP contribution in [-0.4, -0.2) is 39.1 Å². The van der Waals surface area contributed by atoms with Crippen molar-refractivity contribution in [2.45, 2.75) is 38.4 Å². The second-order valence-electron chi connectivity index (χ2n) is 4.36. The van der Waals surface area contributed by atoms with E-state index in [4.69, 9.17) is 20.6 Å². The van der Waals surface area contributed by atoms with Gasteiger partial charge >= 0.3 is 13.6 Å². The number of nitrogens with two attached hydrogens (primary N) is 1. The molecule has 0 aliphatic rings. The highest BCUT2D eigenvalue weighted by Gasteiger charge is 2.22. The molecule has 0 aliphatic heterocycles. The van der Waals surface area contributed by atoms with Crippen LogP contribution in [0.3, 0.4) is 0 Å². The fraction of sp³-hybridized carbons (Fsp3) is 0.636. The van der Waals surface area contributed by atoms with Crippen LogP contribution in [0.4, 0.5) is 0 Å². The first-order valence-corrected chi connectivity index (χ1v) is 7.86. The summed E-state index contributed by atoms with van der Waals surface area (Å²) >= 11 is 0. The molecule has 0 saturated heterocycles. The predicted molar refractivity (Wildman–Crippen MR) is 72.9 cm³/mol. The number of primary amides is 1. The summed E-state index contributed by atoms with van der Waals surface area (Å²) in [6.45, 7) is 1.87. The van der Waals surface area contributed by atoms with Gasteiger partial charge in [-0.15, -0.1) is 0 Å². The van der Waals surface area contributed by atoms with Crippen molar-refractivity contribution >= 4 is 19.5 Å². The molecule has 0 heterocycles. The van der Waals surface area contributed by atoms with E-state index in [-0.39, 0.29) is 0 Å². The Morgan fingerprint density at radius 3 is 2.35 bits per heavy atom. The Morgan fingerprint density at radius 2 is 1.90 bits per heavy atom. The van der Waals surface area contributed by atoms with Crippen molar-refractivity contribution in [3.05, 3.63) is 11.6 Å². The van der Waals surface area contributed by atoms with Gasteiger partial charge in [0.2, 0.25) is 0 Å². The fourth-order valence-electron chi connectivity index (χ4n) is 1.42. The number of unbranched alkanes of at least 4 members (excludes halogenated alkanes) is 3. The van der Waals surface area contributed by atoms with Gasteiger partial charge in [0.05, 0.1) is 0 Å². The summed E-state index contributed by atoms with van der Waals surface area (Å²) in [5, 5.41) is 11.4. The van der Waals surface area contributed by atoms with Crippen LogP contribution < -0.4 is 11.1 Å². The Kier molecular flexibility index (Phi) is 8.33. The summed E-state index contributed by atoms with van der Waals surface area (Å²) in [4.78, 5) is 39.1. The maximum Gasteiger partial charge on any atom is 0.342 e. The van der Waals surface area contributed by atoms with Crippen molar-refractivity contribution < 1.29 is 29.0 Å². The highest BCUT2D eigenvalue weighted by molar-refractivity contribution is 7.52. The second-order valence-corrected chi connectivity index (χ2v) is 6.31. The van der Waals surface area contributed by atoms with E-state index < -0.39 is 30.8 Å². The molecule has 8 nitrogen and oxygen atoms in total. The van der Waals surface area contributed by atoms with E-state index in [2.05, 4.69) is 5.32 Å². The smallest absolute Gasteiger partial charge is 0.342 e. The highest BCUT2D eigenvalue weighted by Crippen LogP contribution is 2.38. The standard InChI is InChI=1S/C11H21N2O6P/c1-8(20(17,18)19)13-7-5-3-2-4-6-9(10(12)14)11(15)16/h6,8,13H,2-5,7H2,1H3,(H2,12,14)(H,15,16)(H2,17,18,19)/b9-6+. The number of amides is 1. The van der Waals surface area contributed by atoms with E-state index in [1.807, 2.05) is 0 Å². The van der Waals surface area contributed by atoms with Gasteiger partial charge in [0.1, 0.15) is 11.4 Å². The molecular weight excluding hydrogens is 287 g/mol. The van der Waals surface area contributed by atoms with Crippen LogP contribution >= 0.6 is 7.60 Å². The zero-order chi connectivity index (χ0) is 15.8. The van der Waals surface area contributed by atoms with Gasteiger partial charge in [-0.3, -0.25) is 9.36 Å². The molecule has 1 amide bonds. The van der Waals surface area contributed by atoms with Gasteiger partial charge in [0.15, 0.2) is 0 Å². The van der Waals surface area contributed by atoms with Gasteiger partial charge < -0.3 is 25.9 Å². The Balaban J connectivity index is 3.83. The Labute approximate surface area is 117 Å². The van der Waals surface area contributed by atoms with Crippen molar-refractivity contribution in [1.29, 1.82) is 0 Å². The maximum absolute atomic E-state index is 10.8. The first kappa shape index (κ1) is 18.8. The topological polar surface area (TPSA) is 150 Å². The Morgan fingerprint density at radius 1 is 1.30 bits per heavy atom. The van der Waals surface area contributed by atoms with Crippen LogP contribution in [0, 0.1) is 0 Å². The minimum atomic E-state index is -4.09. The third-order valence-electron chi connectivity index (χ3n) is 2.67. The molecule has 0 aromatic rings. The third kappa shape index (κ3) is 8.06. The van der Waals surface area contributed by atoms with Crippen molar-refractivity contribution in [1.82, 2.24) is 5.32 Å². The molecule has 20 heavy (non-hydrogen) atoms. The summed E-state index contributed by atoms with van der Waals surface area (Å²) < 4.78 is 10.8. The fourth-order valence-corrected chi connectivity index (χ4v) is 1.78. The maximum atomic E-state index is 10.8. The second kappa shape index (κ2) is 8.86. The molecule has 0 aliphatic carbocycles. The quantitative estimate of drug-likeness (QED) is 0.127. The summed E-state index contributed by atoms with van der Waals surface area (Å²) in [7, 11) is -4.09. The van der Waals surface area contributed by atoms with Crippen molar-refractivity contribution in [2.24, 2.45) is 5.73 Å². The molecule has 6 N–H and O–H groups in total. The van der Waals surface area contributed by atoms with E-state index in [0.29, 0.717) is 25.8 Å². The van der Waals surface area contributed by atoms with Crippen molar-refractivity contribution in [2.75, 3.05) is 6.54 Å². The molecule has 116 valence electrons. The van der Waals surface area contributed by atoms with Crippen LogP contribution in [0.2, 0.25) is 0 Å². The zero-order valence-corrected chi connectivity index (χ0v) is 12.2. The Hall–Kier alpha value is -1.21. The highest BCUT2D eigenvalue weighted by atomic mass is 31.2. The van der Waals surface area contributed by atoms with Crippen LogP contribution in [0.15, 0.2) is 11.6 Å². The lowest BCUT2D eigenvalue weighted by Gasteiger charge is -2.14. The van der Waals surface area contributed by atoms with Gasteiger partial charge in [0.25, 0.3) is 5.91 Å². The molecule has 1 unspecified atom stereocenters. The van der Waals surface area contributed by atoms with Gasteiger partial charge in [-0.05, 0) is 32.7 Å². The van der Waals surface area contributed by atoms with Crippen LogP contribution in [0.25, 0.3) is 0 Å². The molecule has 0 radical (unpaired) electrons. The largest absolute Gasteiger partial charge is 0.478 e. The van der Waals surface area contributed by atoms with Gasteiger partial charge in [-0.1, -0.05) is 12.5 Å². The molecule has 1 atom stereocenters. The van der Waals surface area contributed by atoms with E-state index in [0.717, 1.165) is 6.42 Å². The van der Waals surface area contributed by atoms with E-state index in [1.54, 1.807) is 0 Å². The lowest BCUT2D eigenvalue weighted by atomic mass is 10.1. The number of hydrogen-bond donors (Lipinski definition) is 5. The monoisotopic (exact) mass is 308 g/mol. The number of aliphatic carboxylic acids is 1. The summed E-state index contributed by atoms with van der Waals surface area (Å²) in [5.41, 5.74) is 4.48. The van der Waals surface area contributed by atoms with Crippen LogP contribution in [-0.2, 0) is 14.2 Å². The number of hydrogen-bond acceptors (Lipinski definition) is 4. The summed E-state index contributed by atoms with van der Waals surface area (Å²) in [6, 6.07) is 0. The van der Waals surface area contributed by atoms with Crippen LogP contribution in [0.5, 0.6) is 0 Å². The lowest BCUT2D eigenvalue weighted by Crippen LogP contribution is -2.26. The molecule has 0 aromatic heterocycles. The van der Waals surface area contributed by atoms with Crippen molar-refractivity contribution in [3.63, 3.8) is 0 Å². The lowest BCUT2D eigenvalue weighted by molar-refractivity contribution is -0.134. The molecule has 0 rings (SSSR count). The van der Waals surface area contributed by atoms with Gasteiger partial charge in [-0.2, -0.15) is 0 Å². The number of rotatable bonds is 10. The average Bonchev–Trinajstić information content (AvgIpc) is 2.29. The normalized spacial score (nSPS) is 14.1. The summed E-state index contributed by atoms with van der Waals surface area (Å²) in [6.07, 6.45) is 3.80. The number of carbonyl (C=O) groups excluding carboxylic acids is 1. The molecule has 0 spiro atoms. The van der Waals surface area contributed by atoms with Gasteiger partial charge in [0, 0.05) is 0 Å². The SMILES string of the molecule is CC(NCCCCC/C=C(\C(N)=O)C(=O)O)P(=O)(O)O. The molecule has 0 aromatic carbocycles. The molecule has 9 heteroatoms. The third-order valence-corrected chi connectivity index (χ3v) is 3.86. The molecule has 0 fully saturated rings. The first-order valence-electron chi connectivity index (χ1n) is 6.18. The number of carboxylic acids is 1. The van der Waals surface area contributed by atoms with Crippen LogP contribution in [0.1, 0.15) is 32.6 Å². The minimum Gasteiger partial charge on any atom is -0.478 e. The summed E-state index contributed by atoms with van der Waals surface area (Å²) in [5.74, 6) is -3.18. The zero-order valence-electron chi connectivity index (χ0n) is 11.3. The molecular formula is C11H21N2O6P. The predicted octanol–water partition coefficient (Wildman–Crippen LogP) is 0.156. The van der Waals surface area contributed by atoms with E-state index in [9.17, 15) is 14.2 Å². The number of carbonyl (C=O) groups is 2. The molecule has 0 saturated carbocycles. The minimum absolute atomic E-state index is 0.415. The van der Waals surface area contributed by atoms with E-state index >= 15 is 0 Å². The number of allylic oxidation sites excluding steroid dienone is 1. The van der Waals surface area contributed by atoms with Crippen molar-refractivity contribution in [3.8, 4) is 0 Å². The average molecular weight is 308 g/mol. The molecule has 0 bridgehead atoms. The Bertz CT molecular complexity index is 401. The van der Waals surface area contributed by atoms with Gasteiger partial charge in [-0.25, -0.2) is 4.79 Å². The van der Waals surface area contributed by atoms with E-state index in [1.165, 1.54) is 13.0 Å². The first-order chi connectivity index (χ1) is 9.16. The number of carboxylic acid groups (broad SMARTS) is 1. The number of nitrogens with one attached hydrogen (secondary N) is 1.